The van der Waals surface area contributed by atoms with E-state index in [0.29, 0.717) is 0 Å². The van der Waals surface area contributed by atoms with Crippen LogP contribution in [0.2, 0.25) is 0 Å². The standard InChI is InChI=1S/C15H16O/c1-3-4-14-11(2)5-7-13-9-12(10-16)6-8-15(13)14/h3,5-9,16H,1,4,10H2,2H3. The molecule has 2 aromatic rings. The molecule has 0 fully saturated rings. The molecule has 0 saturated carbocycles. The minimum Gasteiger partial charge on any atom is -0.392 e. The van der Waals surface area contributed by atoms with Crippen molar-refractivity contribution >= 4 is 10.8 Å². The molecule has 1 nitrogen and oxygen atoms in total. The zero-order valence-electron chi connectivity index (χ0n) is 9.53. The molecule has 0 spiro atoms. The molecule has 0 aliphatic rings. The molecule has 1 N–H and O–H groups in total. The van der Waals surface area contributed by atoms with Crippen molar-refractivity contribution in [3.63, 3.8) is 0 Å². The first-order valence-corrected chi connectivity index (χ1v) is 5.49. The van der Waals surface area contributed by atoms with Gasteiger partial charge in [-0.15, -0.1) is 6.58 Å². The van der Waals surface area contributed by atoms with Crippen LogP contribution in [0.3, 0.4) is 0 Å². The molecule has 0 bridgehead atoms. The largest absolute Gasteiger partial charge is 0.392 e. The Bertz CT molecular complexity index is 526. The second-order valence-electron chi connectivity index (χ2n) is 4.07. The zero-order valence-corrected chi connectivity index (χ0v) is 9.53. The second-order valence-corrected chi connectivity index (χ2v) is 4.07. The normalized spacial score (nSPS) is 10.6. The molecule has 0 unspecified atom stereocenters. The minimum absolute atomic E-state index is 0.0978. The van der Waals surface area contributed by atoms with Gasteiger partial charge in [-0.1, -0.05) is 30.3 Å². The predicted molar refractivity (Wildman–Crippen MR) is 68.5 cm³/mol. The van der Waals surface area contributed by atoms with Gasteiger partial charge >= 0.3 is 0 Å². The summed E-state index contributed by atoms with van der Waals surface area (Å²) in [6.07, 6.45) is 2.82. The van der Waals surface area contributed by atoms with Gasteiger partial charge in [0.25, 0.3) is 0 Å². The number of benzene rings is 2. The first-order chi connectivity index (χ1) is 7.76. The lowest BCUT2D eigenvalue weighted by Crippen LogP contribution is -1.91. The van der Waals surface area contributed by atoms with Crippen molar-refractivity contribution in [3.05, 3.63) is 59.7 Å². The lowest BCUT2D eigenvalue weighted by molar-refractivity contribution is 0.282. The zero-order chi connectivity index (χ0) is 11.5. The summed E-state index contributed by atoms with van der Waals surface area (Å²) in [7, 11) is 0. The molecule has 82 valence electrons. The highest BCUT2D eigenvalue weighted by Gasteiger charge is 2.03. The third-order valence-corrected chi connectivity index (χ3v) is 2.96. The van der Waals surface area contributed by atoms with Crippen LogP contribution in [-0.4, -0.2) is 5.11 Å². The number of allylic oxidation sites excluding steroid dienone is 1. The lowest BCUT2D eigenvalue weighted by Gasteiger charge is -2.09. The first kappa shape index (κ1) is 10.9. The van der Waals surface area contributed by atoms with Crippen LogP contribution in [0.4, 0.5) is 0 Å². The molecule has 0 radical (unpaired) electrons. The Kier molecular flexibility index (Phi) is 3.07. The van der Waals surface area contributed by atoms with Gasteiger partial charge in [-0.2, -0.15) is 0 Å². The van der Waals surface area contributed by atoms with E-state index >= 15 is 0 Å². The fraction of sp³-hybridized carbons (Fsp3) is 0.200. The van der Waals surface area contributed by atoms with Crippen LogP contribution < -0.4 is 0 Å². The molecule has 0 saturated heterocycles. The van der Waals surface area contributed by atoms with E-state index in [1.807, 2.05) is 18.2 Å². The Hall–Kier alpha value is -1.60. The maximum atomic E-state index is 9.11. The molecular weight excluding hydrogens is 196 g/mol. The van der Waals surface area contributed by atoms with Crippen molar-refractivity contribution < 1.29 is 5.11 Å². The number of fused-ring (bicyclic) bond motifs is 1. The van der Waals surface area contributed by atoms with Crippen LogP contribution in [0.5, 0.6) is 0 Å². The van der Waals surface area contributed by atoms with Gasteiger partial charge < -0.3 is 5.11 Å². The molecular formula is C15H16O. The van der Waals surface area contributed by atoms with E-state index in [1.54, 1.807) is 0 Å². The number of aliphatic hydroxyl groups excluding tert-OH is 1. The molecule has 0 aliphatic heterocycles. The Morgan fingerprint density at radius 2 is 2.06 bits per heavy atom. The molecule has 16 heavy (non-hydrogen) atoms. The van der Waals surface area contributed by atoms with Crippen molar-refractivity contribution in [2.75, 3.05) is 0 Å². The highest BCUT2D eigenvalue weighted by molar-refractivity contribution is 5.87. The first-order valence-electron chi connectivity index (χ1n) is 5.49. The lowest BCUT2D eigenvalue weighted by atomic mass is 9.96. The van der Waals surface area contributed by atoms with Gasteiger partial charge in [0.05, 0.1) is 6.61 Å². The summed E-state index contributed by atoms with van der Waals surface area (Å²) < 4.78 is 0. The van der Waals surface area contributed by atoms with Gasteiger partial charge in [-0.3, -0.25) is 0 Å². The van der Waals surface area contributed by atoms with Crippen LogP contribution in [0.15, 0.2) is 43.0 Å². The summed E-state index contributed by atoms with van der Waals surface area (Å²) in [6.45, 7) is 6.02. The molecule has 0 atom stereocenters. The Labute approximate surface area is 96.0 Å². The molecule has 2 aromatic carbocycles. The summed E-state index contributed by atoms with van der Waals surface area (Å²) in [5, 5.41) is 11.6. The number of hydrogen-bond acceptors (Lipinski definition) is 1. The van der Waals surface area contributed by atoms with Gasteiger partial charge in [-0.05, 0) is 46.9 Å². The van der Waals surface area contributed by atoms with E-state index in [2.05, 4.69) is 31.7 Å². The summed E-state index contributed by atoms with van der Waals surface area (Å²) in [5.41, 5.74) is 3.59. The predicted octanol–water partition coefficient (Wildman–Crippen LogP) is 3.37. The monoisotopic (exact) mass is 212 g/mol. The molecule has 2 rings (SSSR count). The van der Waals surface area contributed by atoms with Crippen LogP contribution >= 0.6 is 0 Å². The summed E-state index contributed by atoms with van der Waals surface area (Å²) in [4.78, 5) is 0. The maximum absolute atomic E-state index is 9.11. The van der Waals surface area contributed by atoms with Crippen molar-refractivity contribution in [1.29, 1.82) is 0 Å². The number of hydrogen-bond donors (Lipinski definition) is 1. The minimum atomic E-state index is 0.0978. The Balaban J connectivity index is 2.68. The van der Waals surface area contributed by atoms with Gasteiger partial charge in [0, 0.05) is 0 Å². The fourth-order valence-electron chi connectivity index (χ4n) is 2.07. The van der Waals surface area contributed by atoms with Crippen molar-refractivity contribution in [2.45, 2.75) is 20.0 Å². The van der Waals surface area contributed by atoms with Crippen LogP contribution in [-0.2, 0) is 13.0 Å². The van der Waals surface area contributed by atoms with Crippen LogP contribution in [0, 0.1) is 6.92 Å². The average molecular weight is 212 g/mol. The van der Waals surface area contributed by atoms with Gasteiger partial charge in [0.1, 0.15) is 0 Å². The fourth-order valence-corrected chi connectivity index (χ4v) is 2.07. The van der Waals surface area contributed by atoms with E-state index in [0.717, 1.165) is 12.0 Å². The number of rotatable bonds is 3. The quantitative estimate of drug-likeness (QED) is 0.773. The Morgan fingerprint density at radius 3 is 2.75 bits per heavy atom. The molecule has 0 aliphatic carbocycles. The maximum Gasteiger partial charge on any atom is 0.0682 e. The Morgan fingerprint density at radius 1 is 1.25 bits per heavy atom. The van der Waals surface area contributed by atoms with Crippen molar-refractivity contribution in [3.8, 4) is 0 Å². The van der Waals surface area contributed by atoms with Crippen LogP contribution in [0.1, 0.15) is 16.7 Å². The van der Waals surface area contributed by atoms with Gasteiger partial charge in [0.15, 0.2) is 0 Å². The SMILES string of the molecule is C=CCc1c(C)ccc2cc(CO)ccc12. The van der Waals surface area contributed by atoms with E-state index in [1.165, 1.54) is 21.9 Å². The molecule has 0 aromatic heterocycles. The summed E-state index contributed by atoms with van der Waals surface area (Å²) in [5.74, 6) is 0. The van der Waals surface area contributed by atoms with Crippen LogP contribution in [0.25, 0.3) is 10.8 Å². The average Bonchev–Trinajstić information content (AvgIpc) is 2.32. The summed E-state index contributed by atoms with van der Waals surface area (Å²) in [6, 6.07) is 10.3. The highest BCUT2D eigenvalue weighted by Crippen LogP contribution is 2.24. The van der Waals surface area contributed by atoms with E-state index in [9.17, 15) is 0 Å². The van der Waals surface area contributed by atoms with Crippen molar-refractivity contribution in [2.24, 2.45) is 0 Å². The smallest absolute Gasteiger partial charge is 0.0682 e. The van der Waals surface area contributed by atoms with Gasteiger partial charge in [-0.25, -0.2) is 0 Å². The van der Waals surface area contributed by atoms with E-state index in [-0.39, 0.29) is 6.61 Å². The topological polar surface area (TPSA) is 20.2 Å². The second kappa shape index (κ2) is 4.50. The molecule has 1 heteroatoms. The van der Waals surface area contributed by atoms with Crippen molar-refractivity contribution in [1.82, 2.24) is 0 Å². The third-order valence-electron chi connectivity index (χ3n) is 2.96. The third kappa shape index (κ3) is 1.86. The highest BCUT2D eigenvalue weighted by atomic mass is 16.3. The molecule has 0 heterocycles. The molecule has 0 amide bonds. The summed E-state index contributed by atoms with van der Waals surface area (Å²) >= 11 is 0. The van der Waals surface area contributed by atoms with E-state index in [4.69, 9.17) is 5.11 Å². The number of aliphatic hydroxyl groups is 1. The van der Waals surface area contributed by atoms with E-state index < -0.39 is 0 Å². The van der Waals surface area contributed by atoms with Gasteiger partial charge in [0.2, 0.25) is 0 Å². The number of aryl methyl sites for hydroxylation is 1.